The van der Waals surface area contributed by atoms with Crippen LogP contribution in [0.5, 0.6) is 0 Å². The van der Waals surface area contributed by atoms with E-state index in [0.29, 0.717) is 11.3 Å². The molecule has 1 aliphatic heterocycles. The van der Waals surface area contributed by atoms with Crippen molar-refractivity contribution in [2.75, 3.05) is 0 Å². The number of halogens is 1. The number of furan rings is 1. The lowest BCUT2D eigenvalue weighted by atomic mass is 10.1. The van der Waals surface area contributed by atoms with Gasteiger partial charge in [-0.2, -0.15) is 0 Å². The molecule has 0 aliphatic carbocycles. The highest BCUT2D eigenvalue weighted by Crippen LogP contribution is 2.27. The Kier molecular flexibility index (Phi) is 3.41. The minimum atomic E-state index is -0.0835. The molecule has 0 radical (unpaired) electrons. The van der Waals surface area contributed by atoms with Crippen LogP contribution in [0.25, 0.3) is 0 Å². The highest BCUT2D eigenvalue weighted by molar-refractivity contribution is 9.10. The van der Waals surface area contributed by atoms with Crippen molar-refractivity contribution in [1.29, 1.82) is 0 Å². The van der Waals surface area contributed by atoms with Crippen LogP contribution in [0.2, 0.25) is 0 Å². The van der Waals surface area contributed by atoms with Gasteiger partial charge in [0.2, 0.25) is 0 Å². The maximum Gasteiger partial charge on any atom is 0.256 e. The third kappa shape index (κ3) is 2.28. The zero-order valence-corrected chi connectivity index (χ0v) is 13.0. The van der Waals surface area contributed by atoms with Crippen LogP contribution < -0.4 is 5.32 Å². The summed E-state index contributed by atoms with van der Waals surface area (Å²) in [6.07, 6.45) is 5.56. The molecule has 0 fully saturated rings. The molecule has 0 aromatic carbocycles. The van der Waals surface area contributed by atoms with Gasteiger partial charge in [-0.15, -0.1) is 0 Å². The number of nitrogens with zero attached hydrogens (tertiary/aromatic N) is 2. The lowest BCUT2D eigenvalue weighted by Gasteiger charge is -2.24. The van der Waals surface area contributed by atoms with Gasteiger partial charge < -0.3 is 14.3 Å². The summed E-state index contributed by atoms with van der Waals surface area (Å²) in [4.78, 5) is 16.7. The number of imidazole rings is 1. The lowest BCUT2D eigenvalue weighted by Crippen LogP contribution is -2.41. The summed E-state index contributed by atoms with van der Waals surface area (Å²) in [6.45, 7) is 4.42. The van der Waals surface area contributed by atoms with Crippen molar-refractivity contribution in [3.05, 3.63) is 39.8 Å². The van der Waals surface area contributed by atoms with Crippen molar-refractivity contribution < 1.29 is 9.21 Å². The molecule has 106 valence electrons. The van der Waals surface area contributed by atoms with Crippen molar-refractivity contribution in [3.8, 4) is 0 Å². The quantitative estimate of drug-likeness (QED) is 0.916. The van der Waals surface area contributed by atoms with Crippen molar-refractivity contribution >= 4 is 21.8 Å². The van der Waals surface area contributed by atoms with Gasteiger partial charge in [0, 0.05) is 31.4 Å². The number of carbonyl (C=O) groups is 1. The Labute approximate surface area is 125 Å². The molecular formula is C14H16BrN3O2. The summed E-state index contributed by atoms with van der Waals surface area (Å²) in [7, 11) is 0. The highest BCUT2D eigenvalue weighted by atomic mass is 79.9. The van der Waals surface area contributed by atoms with Crippen LogP contribution in [0, 0.1) is 13.8 Å². The van der Waals surface area contributed by atoms with Crippen LogP contribution in [0.15, 0.2) is 21.3 Å². The third-order valence-corrected chi connectivity index (χ3v) is 4.64. The van der Waals surface area contributed by atoms with E-state index < -0.39 is 0 Å². The van der Waals surface area contributed by atoms with E-state index in [1.807, 2.05) is 20.0 Å². The molecule has 0 saturated heterocycles. The molecule has 20 heavy (non-hydrogen) atoms. The highest BCUT2D eigenvalue weighted by Gasteiger charge is 2.24. The number of nitrogens with one attached hydrogen (secondary N) is 1. The summed E-state index contributed by atoms with van der Waals surface area (Å²) in [5.74, 6) is 2.38. The number of amides is 1. The van der Waals surface area contributed by atoms with Crippen LogP contribution >= 0.6 is 15.9 Å². The van der Waals surface area contributed by atoms with Gasteiger partial charge in [0.1, 0.15) is 17.3 Å². The maximum atomic E-state index is 12.4. The van der Waals surface area contributed by atoms with Crippen LogP contribution in [0.4, 0.5) is 0 Å². The number of hydrogen-bond acceptors (Lipinski definition) is 3. The normalized spacial score (nSPS) is 17.9. The second kappa shape index (κ2) is 5.09. The molecular weight excluding hydrogens is 322 g/mol. The summed E-state index contributed by atoms with van der Waals surface area (Å²) in [5, 5.41) is 3.08. The Morgan fingerprint density at radius 3 is 3.00 bits per heavy atom. The van der Waals surface area contributed by atoms with Gasteiger partial charge in [-0.3, -0.25) is 4.79 Å². The Morgan fingerprint density at radius 2 is 2.30 bits per heavy atom. The van der Waals surface area contributed by atoms with Crippen molar-refractivity contribution in [1.82, 2.24) is 14.9 Å². The number of carbonyl (C=O) groups excluding carboxylic acids is 1. The zero-order chi connectivity index (χ0) is 14.3. The first kappa shape index (κ1) is 13.4. The van der Waals surface area contributed by atoms with E-state index in [1.165, 1.54) is 0 Å². The Morgan fingerprint density at radius 1 is 1.50 bits per heavy atom. The van der Waals surface area contributed by atoms with Gasteiger partial charge >= 0.3 is 0 Å². The average Bonchev–Trinajstić information content (AvgIpc) is 2.94. The fraction of sp³-hybridized carbons (Fsp3) is 0.429. The fourth-order valence-electron chi connectivity index (χ4n) is 2.66. The molecule has 1 aliphatic rings. The molecule has 1 amide bonds. The van der Waals surface area contributed by atoms with Gasteiger partial charge in [0.05, 0.1) is 10.0 Å². The molecule has 0 unspecified atom stereocenters. The van der Waals surface area contributed by atoms with E-state index in [2.05, 4.69) is 30.8 Å². The molecule has 0 saturated carbocycles. The standard InChI is InChI=1S/C14H16BrN3O2/c1-8-12(13(15)9(2)20-8)14(19)17-10-3-4-11-16-5-6-18(11)7-10/h5-6,10H,3-4,7H2,1-2H3,(H,17,19)/t10-/m1/s1. The summed E-state index contributed by atoms with van der Waals surface area (Å²) in [5.41, 5.74) is 0.596. The van der Waals surface area contributed by atoms with Gasteiger partial charge in [0.15, 0.2) is 0 Å². The third-order valence-electron chi connectivity index (χ3n) is 3.68. The van der Waals surface area contributed by atoms with Gasteiger partial charge in [-0.1, -0.05) is 0 Å². The second-order valence-electron chi connectivity index (χ2n) is 5.11. The van der Waals surface area contributed by atoms with E-state index in [-0.39, 0.29) is 11.9 Å². The van der Waals surface area contributed by atoms with E-state index >= 15 is 0 Å². The molecule has 2 aromatic heterocycles. The number of hydrogen-bond donors (Lipinski definition) is 1. The minimum Gasteiger partial charge on any atom is -0.465 e. The number of aryl methyl sites for hydroxylation is 3. The monoisotopic (exact) mass is 337 g/mol. The number of fused-ring (bicyclic) bond motifs is 1. The Bertz CT molecular complexity index is 659. The molecule has 0 bridgehead atoms. The molecule has 3 rings (SSSR count). The van der Waals surface area contributed by atoms with Gasteiger partial charge in [0.25, 0.3) is 5.91 Å². The summed E-state index contributed by atoms with van der Waals surface area (Å²) < 4.78 is 8.31. The summed E-state index contributed by atoms with van der Waals surface area (Å²) >= 11 is 3.42. The minimum absolute atomic E-state index is 0.0835. The van der Waals surface area contributed by atoms with Crippen molar-refractivity contribution in [3.63, 3.8) is 0 Å². The lowest BCUT2D eigenvalue weighted by molar-refractivity contribution is 0.0925. The predicted molar refractivity (Wildman–Crippen MR) is 77.7 cm³/mol. The number of rotatable bonds is 2. The van der Waals surface area contributed by atoms with Gasteiger partial charge in [-0.25, -0.2) is 4.98 Å². The van der Waals surface area contributed by atoms with Crippen molar-refractivity contribution in [2.45, 2.75) is 39.3 Å². The van der Waals surface area contributed by atoms with E-state index in [9.17, 15) is 4.79 Å². The second-order valence-corrected chi connectivity index (χ2v) is 5.90. The van der Waals surface area contributed by atoms with Crippen LogP contribution in [0.3, 0.4) is 0 Å². The van der Waals surface area contributed by atoms with Crippen LogP contribution in [-0.2, 0) is 13.0 Å². The van der Waals surface area contributed by atoms with E-state index in [0.717, 1.165) is 35.4 Å². The maximum absolute atomic E-state index is 12.4. The Balaban J connectivity index is 1.74. The SMILES string of the molecule is Cc1oc(C)c(C(=O)N[C@@H]2CCc3nccn3C2)c1Br. The van der Waals surface area contributed by atoms with E-state index in [1.54, 1.807) is 6.20 Å². The molecule has 1 atom stereocenters. The predicted octanol–water partition coefficient (Wildman–Crippen LogP) is 2.60. The molecule has 0 spiro atoms. The van der Waals surface area contributed by atoms with Crippen LogP contribution in [-0.4, -0.2) is 21.5 Å². The van der Waals surface area contributed by atoms with Crippen molar-refractivity contribution in [2.24, 2.45) is 0 Å². The molecule has 6 heteroatoms. The molecule has 1 N–H and O–H groups in total. The van der Waals surface area contributed by atoms with Gasteiger partial charge in [-0.05, 0) is 36.2 Å². The fourth-order valence-corrected chi connectivity index (χ4v) is 3.20. The number of aromatic nitrogens is 2. The molecule has 3 heterocycles. The largest absolute Gasteiger partial charge is 0.465 e. The van der Waals surface area contributed by atoms with E-state index in [4.69, 9.17) is 4.42 Å². The smallest absolute Gasteiger partial charge is 0.256 e. The summed E-state index contributed by atoms with van der Waals surface area (Å²) in [6, 6.07) is 0.130. The first-order valence-electron chi connectivity index (χ1n) is 6.62. The Hall–Kier alpha value is -1.56. The zero-order valence-electron chi connectivity index (χ0n) is 11.4. The first-order chi connectivity index (χ1) is 9.56. The first-order valence-corrected chi connectivity index (χ1v) is 7.42. The van der Waals surface area contributed by atoms with Crippen LogP contribution in [0.1, 0.15) is 34.1 Å². The average molecular weight is 338 g/mol. The molecule has 5 nitrogen and oxygen atoms in total. The topological polar surface area (TPSA) is 60.1 Å². The molecule has 2 aromatic rings.